The monoisotopic (exact) mass is 896 g/mol. The molecule has 12 aromatic rings. The van der Waals surface area contributed by atoms with Gasteiger partial charge in [0.2, 0.25) is 0 Å². The van der Waals surface area contributed by atoms with Gasteiger partial charge in [-0.3, -0.25) is 0 Å². The molecule has 0 aliphatic heterocycles. The summed E-state index contributed by atoms with van der Waals surface area (Å²) >= 11 is 0. The molecule has 0 aliphatic carbocycles. The van der Waals surface area contributed by atoms with Gasteiger partial charge in [0.1, 0.15) is 0 Å². The molecule has 0 spiro atoms. The van der Waals surface area contributed by atoms with Crippen molar-refractivity contribution in [3.05, 3.63) is 291 Å². The predicted octanol–water partition coefficient (Wildman–Crippen LogP) is 19.0. The van der Waals surface area contributed by atoms with Gasteiger partial charge in [0.05, 0.1) is 22.7 Å². The van der Waals surface area contributed by atoms with Crippen molar-refractivity contribution in [1.82, 2.24) is 0 Å². The zero-order chi connectivity index (χ0) is 46.6. The van der Waals surface area contributed by atoms with Crippen LogP contribution in [0.4, 0.5) is 68.2 Å². The second-order valence-electron chi connectivity index (χ2n) is 17.4. The largest absolute Gasteiger partial charge is 0.310 e. The van der Waals surface area contributed by atoms with E-state index in [0.717, 1.165) is 101 Å². The van der Waals surface area contributed by atoms with E-state index < -0.39 is 0 Å². The Balaban J connectivity index is 0.974. The molecule has 12 rings (SSSR count). The van der Waals surface area contributed by atoms with Gasteiger partial charge in [-0.1, -0.05) is 170 Å². The van der Waals surface area contributed by atoms with Crippen LogP contribution in [0, 0.1) is 0 Å². The molecule has 0 aliphatic rings. The Morgan fingerprint density at radius 2 is 0.371 bits per heavy atom. The van der Waals surface area contributed by atoms with Crippen LogP contribution in [-0.4, -0.2) is 0 Å². The van der Waals surface area contributed by atoms with Gasteiger partial charge in [-0.15, -0.1) is 0 Å². The van der Waals surface area contributed by atoms with Crippen LogP contribution in [0.3, 0.4) is 0 Å². The quantitative estimate of drug-likeness (QED) is 0.121. The number of nitrogens with zero attached hydrogens (tertiary/aromatic N) is 4. The van der Waals surface area contributed by atoms with E-state index in [0.29, 0.717) is 0 Å². The van der Waals surface area contributed by atoms with Gasteiger partial charge in [-0.2, -0.15) is 0 Å². The minimum atomic E-state index is 1.08. The standard InChI is InChI=1S/C66H48N4/c1-7-23-51(24-8-1)67(52-25-9-2-10-26-52)63-39-19-37-61-59(63)35-21-41-65(61)69(55-31-15-5-16-32-55)57-45-43-50-48-58(46-44-49(50)47-57)70(56-33-17-6-18-34-56)66-42-22-36-60-62(66)38-20-40-64(60)68(53-27-11-3-12-28-53)54-29-13-4-14-30-54/h1-48H. The van der Waals surface area contributed by atoms with E-state index in [1.165, 1.54) is 0 Å². The van der Waals surface area contributed by atoms with Crippen molar-refractivity contribution in [3.8, 4) is 0 Å². The highest BCUT2D eigenvalue weighted by atomic mass is 15.2. The minimum absolute atomic E-state index is 1.08. The molecule has 0 atom stereocenters. The van der Waals surface area contributed by atoms with E-state index in [-0.39, 0.29) is 0 Å². The molecular formula is C66H48N4. The molecule has 0 aromatic heterocycles. The molecule has 332 valence electrons. The lowest BCUT2D eigenvalue weighted by Crippen LogP contribution is -2.13. The van der Waals surface area contributed by atoms with Gasteiger partial charge in [0.15, 0.2) is 0 Å². The summed E-state index contributed by atoms with van der Waals surface area (Å²) in [5, 5.41) is 6.93. The van der Waals surface area contributed by atoms with E-state index in [2.05, 4.69) is 311 Å². The highest BCUT2D eigenvalue weighted by molar-refractivity contribution is 6.09. The summed E-state index contributed by atoms with van der Waals surface area (Å²) in [5.41, 5.74) is 13.2. The van der Waals surface area contributed by atoms with E-state index >= 15 is 0 Å². The number of rotatable bonds is 12. The van der Waals surface area contributed by atoms with E-state index in [9.17, 15) is 0 Å². The molecule has 0 N–H and O–H groups in total. The van der Waals surface area contributed by atoms with Crippen molar-refractivity contribution in [1.29, 1.82) is 0 Å². The lowest BCUT2D eigenvalue weighted by Gasteiger charge is -2.30. The Hall–Kier alpha value is -9.38. The van der Waals surface area contributed by atoms with Gasteiger partial charge in [-0.05, 0) is 132 Å². The average Bonchev–Trinajstić information content (AvgIpc) is 3.43. The number of anilines is 12. The summed E-state index contributed by atoms with van der Waals surface area (Å²) in [4.78, 5) is 9.50. The molecule has 4 nitrogen and oxygen atoms in total. The lowest BCUT2D eigenvalue weighted by atomic mass is 10.0. The van der Waals surface area contributed by atoms with E-state index in [4.69, 9.17) is 0 Å². The smallest absolute Gasteiger partial charge is 0.0540 e. The molecule has 0 saturated carbocycles. The molecule has 0 bridgehead atoms. The number of hydrogen-bond acceptors (Lipinski definition) is 4. The SMILES string of the molecule is c1ccc(N(c2ccccc2)c2cccc3c(N(c4ccccc4)c4ccc5cc(N(c6ccccc6)c6cccc7c(N(c8ccccc8)c8ccccc8)cccc67)ccc5c4)cccc23)cc1. The molecule has 12 aromatic carbocycles. The van der Waals surface area contributed by atoms with Gasteiger partial charge >= 0.3 is 0 Å². The Morgan fingerprint density at radius 3 is 0.600 bits per heavy atom. The first-order chi connectivity index (χ1) is 34.8. The number of fused-ring (bicyclic) bond motifs is 3. The minimum Gasteiger partial charge on any atom is -0.310 e. The van der Waals surface area contributed by atoms with Crippen LogP contribution in [0.5, 0.6) is 0 Å². The molecule has 0 radical (unpaired) electrons. The molecule has 4 heteroatoms. The van der Waals surface area contributed by atoms with E-state index in [1.807, 2.05) is 0 Å². The van der Waals surface area contributed by atoms with Crippen LogP contribution in [0.1, 0.15) is 0 Å². The number of para-hydroxylation sites is 6. The van der Waals surface area contributed by atoms with Crippen molar-refractivity contribution < 1.29 is 0 Å². The third-order valence-corrected chi connectivity index (χ3v) is 13.1. The zero-order valence-electron chi connectivity index (χ0n) is 38.5. The Kier molecular flexibility index (Phi) is 11.2. The molecule has 0 unspecified atom stereocenters. The fraction of sp³-hybridized carbons (Fsp3) is 0. The first-order valence-corrected chi connectivity index (χ1v) is 23.8. The van der Waals surface area contributed by atoms with Gasteiger partial charge in [0, 0.05) is 67.0 Å². The third kappa shape index (κ3) is 7.93. The fourth-order valence-electron chi connectivity index (χ4n) is 10.0. The maximum absolute atomic E-state index is 2.40. The normalized spacial score (nSPS) is 11.1. The molecule has 70 heavy (non-hydrogen) atoms. The van der Waals surface area contributed by atoms with E-state index in [1.54, 1.807) is 0 Å². The van der Waals surface area contributed by atoms with Crippen LogP contribution in [0.25, 0.3) is 32.3 Å². The second-order valence-corrected chi connectivity index (χ2v) is 17.4. The van der Waals surface area contributed by atoms with Crippen molar-refractivity contribution >= 4 is 101 Å². The zero-order valence-corrected chi connectivity index (χ0v) is 38.5. The summed E-state index contributed by atoms with van der Waals surface area (Å²) in [5.74, 6) is 0. The first-order valence-electron chi connectivity index (χ1n) is 23.8. The van der Waals surface area contributed by atoms with Crippen LogP contribution >= 0.6 is 0 Å². The van der Waals surface area contributed by atoms with Crippen LogP contribution < -0.4 is 19.6 Å². The summed E-state index contributed by atoms with van der Waals surface area (Å²) in [6.45, 7) is 0. The van der Waals surface area contributed by atoms with Gasteiger partial charge < -0.3 is 19.6 Å². The molecule has 0 saturated heterocycles. The molecule has 0 fully saturated rings. The summed E-state index contributed by atoms with van der Waals surface area (Å²) < 4.78 is 0. The van der Waals surface area contributed by atoms with Gasteiger partial charge in [-0.25, -0.2) is 0 Å². The Bertz CT molecular complexity index is 3390. The van der Waals surface area contributed by atoms with Crippen LogP contribution in [0.15, 0.2) is 291 Å². The van der Waals surface area contributed by atoms with Crippen molar-refractivity contribution in [2.24, 2.45) is 0 Å². The van der Waals surface area contributed by atoms with Gasteiger partial charge in [0.25, 0.3) is 0 Å². The summed E-state index contributed by atoms with van der Waals surface area (Å²) in [7, 11) is 0. The molecule has 0 amide bonds. The Labute approximate surface area is 409 Å². The van der Waals surface area contributed by atoms with Crippen molar-refractivity contribution in [2.75, 3.05) is 19.6 Å². The third-order valence-electron chi connectivity index (χ3n) is 13.1. The predicted molar refractivity (Wildman–Crippen MR) is 298 cm³/mol. The lowest BCUT2D eigenvalue weighted by molar-refractivity contribution is 1.28. The Morgan fingerprint density at radius 1 is 0.157 bits per heavy atom. The summed E-state index contributed by atoms with van der Waals surface area (Å²) in [6, 6.07) is 104. The fourth-order valence-corrected chi connectivity index (χ4v) is 10.0. The summed E-state index contributed by atoms with van der Waals surface area (Å²) in [6.07, 6.45) is 0. The second kappa shape index (κ2) is 18.7. The van der Waals surface area contributed by atoms with Crippen LogP contribution in [-0.2, 0) is 0 Å². The first kappa shape index (κ1) is 42.0. The van der Waals surface area contributed by atoms with Crippen molar-refractivity contribution in [2.45, 2.75) is 0 Å². The van der Waals surface area contributed by atoms with Crippen molar-refractivity contribution in [3.63, 3.8) is 0 Å². The van der Waals surface area contributed by atoms with Crippen LogP contribution in [0.2, 0.25) is 0 Å². The molecular weight excluding hydrogens is 849 g/mol. The topological polar surface area (TPSA) is 13.0 Å². The maximum atomic E-state index is 2.40. The molecule has 0 heterocycles. The number of benzene rings is 12. The highest BCUT2D eigenvalue weighted by Crippen LogP contribution is 2.47. The average molecular weight is 897 g/mol. The maximum Gasteiger partial charge on any atom is 0.0540 e. The number of hydrogen-bond donors (Lipinski definition) is 0. The highest BCUT2D eigenvalue weighted by Gasteiger charge is 2.22.